The summed E-state index contributed by atoms with van der Waals surface area (Å²) < 4.78 is 8.31. The van der Waals surface area contributed by atoms with E-state index in [9.17, 15) is 4.79 Å². The van der Waals surface area contributed by atoms with Gasteiger partial charge in [-0.3, -0.25) is 9.78 Å². The highest BCUT2D eigenvalue weighted by Gasteiger charge is 2.42. The molecule has 2 aliphatic rings. The van der Waals surface area contributed by atoms with Crippen molar-refractivity contribution in [1.82, 2.24) is 14.5 Å². The number of amides is 1. The maximum absolute atomic E-state index is 12.7. The molecule has 2 aromatic rings. The van der Waals surface area contributed by atoms with Gasteiger partial charge in [-0.05, 0) is 36.6 Å². The first-order valence-corrected chi connectivity index (χ1v) is 8.65. The van der Waals surface area contributed by atoms with Gasteiger partial charge in [0.1, 0.15) is 0 Å². The number of aromatic nitrogens is 2. The van der Waals surface area contributed by atoms with E-state index in [1.807, 2.05) is 29.2 Å². The summed E-state index contributed by atoms with van der Waals surface area (Å²) in [7, 11) is 0. The van der Waals surface area contributed by atoms with Crippen LogP contribution < -0.4 is 0 Å². The topological polar surface area (TPSA) is 47.4 Å². The molecule has 1 saturated carbocycles. The molecule has 1 aliphatic heterocycles. The average Bonchev–Trinajstić information content (AvgIpc) is 3.23. The highest BCUT2D eigenvalue weighted by Crippen LogP contribution is 2.39. The third-order valence-electron chi connectivity index (χ3n) is 5.03. The zero-order valence-corrected chi connectivity index (χ0v) is 14.0. The summed E-state index contributed by atoms with van der Waals surface area (Å²) in [6.45, 7) is 4.73. The summed E-state index contributed by atoms with van der Waals surface area (Å²) in [6.07, 6.45) is 4.86. The molecule has 0 unspecified atom stereocenters. The van der Waals surface area contributed by atoms with Gasteiger partial charge >= 0.3 is 0 Å². The quantitative estimate of drug-likeness (QED) is 0.867. The van der Waals surface area contributed by atoms with Crippen LogP contribution in [0.3, 0.4) is 0 Å². The molecular weight excluding hydrogens is 302 g/mol. The highest BCUT2D eigenvalue weighted by atomic mass is 16.5. The number of ether oxygens (including phenoxy) is 1. The van der Waals surface area contributed by atoms with Gasteiger partial charge in [-0.1, -0.05) is 13.0 Å². The lowest BCUT2D eigenvalue weighted by atomic mass is 10.2. The lowest BCUT2D eigenvalue weighted by Gasteiger charge is -2.24. The first kappa shape index (κ1) is 15.4. The molecule has 3 atom stereocenters. The second-order valence-corrected chi connectivity index (χ2v) is 6.94. The molecule has 0 radical (unpaired) electrons. The van der Waals surface area contributed by atoms with E-state index < -0.39 is 0 Å². The van der Waals surface area contributed by atoms with E-state index in [2.05, 4.69) is 28.7 Å². The van der Waals surface area contributed by atoms with Crippen molar-refractivity contribution in [2.75, 3.05) is 6.54 Å². The molecular formula is C19H23N3O2. The van der Waals surface area contributed by atoms with Gasteiger partial charge in [-0.25, -0.2) is 0 Å². The molecule has 0 aromatic carbocycles. The van der Waals surface area contributed by atoms with Gasteiger partial charge in [0, 0.05) is 30.6 Å². The lowest BCUT2D eigenvalue weighted by molar-refractivity contribution is -0.135. The molecule has 5 heteroatoms. The number of pyridine rings is 1. The van der Waals surface area contributed by atoms with Gasteiger partial charge in [0.05, 0.1) is 31.5 Å². The number of fused-ring (bicyclic) bond motifs is 1. The summed E-state index contributed by atoms with van der Waals surface area (Å²) in [5.41, 5.74) is 2.10. The van der Waals surface area contributed by atoms with Crippen molar-refractivity contribution >= 4 is 5.91 Å². The first-order valence-electron chi connectivity index (χ1n) is 8.65. The first-order chi connectivity index (χ1) is 11.7. The van der Waals surface area contributed by atoms with Crippen molar-refractivity contribution in [2.24, 2.45) is 11.8 Å². The maximum atomic E-state index is 12.7. The lowest BCUT2D eigenvalue weighted by Crippen LogP contribution is -2.38. The standard InChI is InChI=1S/C19H23N3O2/c1-14-9-18(14)19(23)22-10-16-6-4-8-21(16)11-17(12-22)24-13-15-5-2-3-7-20-15/h2-8,14,17-18H,9-13H2,1H3/t14-,17+,18+/m1/s1. The van der Waals surface area contributed by atoms with Crippen molar-refractivity contribution < 1.29 is 9.53 Å². The number of carbonyl (C=O) groups is 1. The second kappa shape index (κ2) is 6.40. The van der Waals surface area contributed by atoms with Crippen molar-refractivity contribution in [2.45, 2.75) is 39.1 Å². The molecule has 24 heavy (non-hydrogen) atoms. The molecule has 0 bridgehead atoms. The Bertz CT molecular complexity index is 712. The Kier molecular flexibility index (Phi) is 4.10. The predicted octanol–water partition coefficient (Wildman–Crippen LogP) is 2.47. The smallest absolute Gasteiger partial charge is 0.226 e. The van der Waals surface area contributed by atoms with Crippen molar-refractivity contribution in [3.8, 4) is 0 Å². The zero-order chi connectivity index (χ0) is 16.5. The van der Waals surface area contributed by atoms with E-state index in [0.717, 1.165) is 18.7 Å². The fourth-order valence-electron chi connectivity index (χ4n) is 3.41. The van der Waals surface area contributed by atoms with Crippen LogP contribution in [-0.2, 0) is 29.2 Å². The fraction of sp³-hybridized carbons (Fsp3) is 0.474. The maximum Gasteiger partial charge on any atom is 0.226 e. The van der Waals surface area contributed by atoms with Crippen LogP contribution in [0.5, 0.6) is 0 Å². The molecule has 1 amide bonds. The van der Waals surface area contributed by atoms with Gasteiger partial charge in [0.15, 0.2) is 0 Å². The monoisotopic (exact) mass is 325 g/mol. The number of carbonyl (C=O) groups excluding carboxylic acids is 1. The van der Waals surface area contributed by atoms with Crippen molar-refractivity contribution in [1.29, 1.82) is 0 Å². The zero-order valence-electron chi connectivity index (χ0n) is 14.0. The normalized spacial score (nSPS) is 25.9. The Morgan fingerprint density at radius 1 is 1.29 bits per heavy atom. The summed E-state index contributed by atoms with van der Waals surface area (Å²) >= 11 is 0. The summed E-state index contributed by atoms with van der Waals surface area (Å²) in [6, 6.07) is 9.97. The van der Waals surface area contributed by atoms with E-state index in [1.165, 1.54) is 5.69 Å². The highest BCUT2D eigenvalue weighted by molar-refractivity contribution is 5.81. The molecule has 3 heterocycles. The molecule has 126 valence electrons. The van der Waals surface area contributed by atoms with Crippen LogP contribution >= 0.6 is 0 Å². The van der Waals surface area contributed by atoms with Gasteiger partial charge < -0.3 is 14.2 Å². The minimum Gasteiger partial charge on any atom is -0.368 e. The van der Waals surface area contributed by atoms with E-state index in [0.29, 0.717) is 25.6 Å². The van der Waals surface area contributed by atoms with Crippen LogP contribution in [0.1, 0.15) is 24.7 Å². The minimum atomic E-state index is -0.0151. The minimum absolute atomic E-state index is 0.0151. The van der Waals surface area contributed by atoms with E-state index >= 15 is 0 Å². The molecule has 5 nitrogen and oxygen atoms in total. The van der Waals surface area contributed by atoms with Crippen molar-refractivity contribution in [3.05, 3.63) is 54.1 Å². The largest absolute Gasteiger partial charge is 0.368 e. The van der Waals surface area contributed by atoms with Gasteiger partial charge in [0.25, 0.3) is 0 Å². The average molecular weight is 325 g/mol. The fourth-order valence-corrected chi connectivity index (χ4v) is 3.41. The van der Waals surface area contributed by atoms with Crippen molar-refractivity contribution in [3.63, 3.8) is 0 Å². The van der Waals surface area contributed by atoms with E-state index in [4.69, 9.17) is 4.74 Å². The number of rotatable bonds is 4. The van der Waals surface area contributed by atoms with Crippen LogP contribution in [0.15, 0.2) is 42.7 Å². The van der Waals surface area contributed by atoms with Crippen LogP contribution in [0.4, 0.5) is 0 Å². The molecule has 0 N–H and O–H groups in total. The van der Waals surface area contributed by atoms with E-state index in [1.54, 1.807) is 6.20 Å². The number of nitrogens with zero attached hydrogens (tertiary/aromatic N) is 3. The third-order valence-corrected chi connectivity index (χ3v) is 5.03. The molecule has 1 fully saturated rings. The summed E-state index contributed by atoms with van der Waals surface area (Å²) in [5, 5.41) is 0. The van der Waals surface area contributed by atoms with Crippen LogP contribution in [0.25, 0.3) is 0 Å². The number of hydrogen-bond acceptors (Lipinski definition) is 3. The van der Waals surface area contributed by atoms with Crippen LogP contribution in [0, 0.1) is 11.8 Å². The Hall–Kier alpha value is -2.14. The predicted molar refractivity (Wildman–Crippen MR) is 89.9 cm³/mol. The molecule has 0 spiro atoms. The third kappa shape index (κ3) is 3.22. The van der Waals surface area contributed by atoms with Gasteiger partial charge in [-0.2, -0.15) is 0 Å². The molecule has 2 aromatic heterocycles. The van der Waals surface area contributed by atoms with Gasteiger partial charge in [-0.15, -0.1) is 0 Å². The Morgan fingerprint density at radius 3 is 2.92 bits per heavy atom. The molecule has 0 saturated heterocycles. The Morgan fingerprint density at radius 2 is 2.17 bits per heavy atom. The summed E-state index contributed by atoms with van der Waals surface area (Å²) in [4.78, 5) is 19.0. The Labute approximate surface area is 142 Å². The molecule has 1 aliphatic carbocycles. The molecule has 4 rings (SSSR count). The number of hydrogen-bond donors (Lipinski definition) is 0. The second-order valence-electron chi connectivity index (χ2n) is 6.94. The Balaban J connectivity index is 1.48. The van der Waals surface area contributed by atoms with Crippen LogP contribution in [-0.4, -0.2) is 33.0 Å². The summed E-state index contributed by atoms with van der Waals surface area (Å²) in [5.74, 6) is 1.02. The SMILES string of the molecule is C[C@@H]1C[C@@H]1C(=O)N1Cc2cccn2C[C@H](OCc2ccccn2)C1. The van der Waals surface area contributed by atoms with Gasteiger partial charge in [0.2, 0.25) is 5.91 Å². The van der Waals surface area contributed by atoms with E-state index in [-0.39, 0.29) is 17.9 Å². The van der Waals surface area contributed by atoms with Crippen LogP contribution in [0.2, 0.25) is 0 Å².